The Bertz CT molecular complexity index is 557. The molecule has 0 radical (unpaired) electrons. The zero-order valence-electron chi connectivity index (χ0n) is 14.5. The quantitative estimate of drug-likeness (QED) is 0.761. The molecule has 0 heterocycles. The van der Waals surface area contributed by atoms with Gasteiger partial charge in [-0.3, -0.25) is 4.79 Å². The summed E-state index contributed by atoms with van der Waals surface area (Å²) in [6.07, 6.45) is 6.61. The minimum absolute atomic E-state index is 0.0752. The molecule has 1 aliphatic rings. The van der Waals surface area contributed by atoms with E-state index in [1.807, 2.05) is 45.0 Å². The number of hydrogen-bond donors (Lipinski definition) is 0. The van der Waals surface area contributed by atoms with Gasteiger partial charge in [-0.2, -0.15) is 5.26 Å². The highest BCUT2D eigenvalue weighted by Crippen LogP contribution is 2.33. The molecular weight excluding hydrogens is 286 g/mol. The first-order chi connectivity index (χ1) is 10.9. The van der Waals surface area contributed by atoms with Crippen molar-refractivity contribution < 1.29 is 9.53 Å². The highest BCUT2D eigenvalue weighted by atomic mass is 16.6. The summed E-state index contributed by atoms with van der Waals surface area (Å²) in [6, 6.07) is 9.69. The van der Waals surface area contributed by atoms with E-state index in [1.165, 1.54) is 19.3 Å². The van der Waals surface area contributed by atoms with E-state index in [1.54, 1.807) is 0 Å². The first-order valence-corrected chi connectivity index (χ1v) is 8.61. The molecule has 3 nitrogen and oxygen atoms in total. The number of nitrogens with zero attached hydrogens (tertiary/aromatic N) is 1. The number of ether oxygens (including phenoxy) is 1. The summed E-state index contributed by atoms with van der Waals surface area (Å²) in [5.41, 5.74) is 1.31. The lowest BCUT2D eigenvalue weighted by atomic mass is 9.77. The van der Waals surface area contributed by atoms with Crippen molar-refractivity contribution in [3.8, 4) is 6.07 Å². The maximum atomic E-state index is 12.7. The number of rotatable bonds is 4. The summed E-state index contributed by atoms with van der Waals surface area (Å²) in [5, 5.41) is 8.91. The molecule has 1 aliphatic carbocycles. The van der Waals surface area contributed by atoms with Crippen LogP contribution in [-0.2, 0) is 16.0 Å². The van der Waals surface area contributed by atoms with Crippen LogP contribution in [0.3, 0.4) is 0 Å². The molecule has 1 saturated carbocycles. The summed E-state index contributed by atoms with van der Waals surface area (Å²) in [7, 11) is 0. The molecule has 0 aliphatic heterocycles. The van der Waals surface area contributed by atoms with Gasteiger partial charge < -0.3 is 4.74 Å². The van der Waals surface area contributed by atoms with Crippen molar-refractivity contribution in [3.05, 3.63) is 35.4 Å². The molecule has 0 aromatic heterocycles. The van der Waals surface area contributed by atoms with Crippen LogP contribution in [-0.4, -0.2) is 11.6 Å². The molecule has 0 amide bonds. The molecule has 0 bridgehead atoms. The fraction of sp³-hybridized carbons (Fsp3) is 0.600. The molecule has 1 fully saturated rings. The van der Waals surface area contributed by atoms with Crippen molar-refractivity contribution in [2.24, 2.45) is 11.8 Å². The fourth-order valence-electron chi connectivity index (χ4n) is 3.33. The van der Waals surface area contributed by atoms with Crippen molar-refractivity contribution >= 4 is 5.97 Å². The molecule has 0 N–H and O–H groups in total. The van der Waals surface area contributed by atoms with Gasteiger partial charge >= 0.3 is 5.97 Å². The highest BCUT2D eigenvalue weighted by molar-refractivity contribution is 5.73. The Morgan fingerprint density at radius 2 is 1.83 bits per heavy atom. The maximum absolute atomic E-state index is 12.7. The summed E-state index contributed by atoms with van der Waals surface area (Å²) >= 11 is 0. The zero-order chi connectivity index (χ0) is 16.9. The van der Waals surface area contributed by atoms with E-state index in [0.717, 1.165) is 18.4 Å². The van der Waals surface area contributed by atoms with Crippen LogP contribution in [0.25, 0.3) is 0 Å². The number of benzene rings is 1. The average Bonchev–Trinajstić information content (AvgIpc) is 2.52. The molecule has 0 unspecified atom stereocenters. The molecule has 1 atom stereocenters. The van der Waals surface area contributed by atoms with Gasteiger partial charge in [-0.1, -0.05) is 31.4 Å². The van der Waals surface area contributed by atoms with Crippen LogP contribution in [0.5, 0.6) is 0 Å². The Balaban J connectivity index is 2.14. The predicted molar refractivity (Wildman–Crippen MR) is 90.8 cm³/mol. The zero-order valence-corrected chi connectivity index (χ0v) is 14.5. The minimum Gasteiger partial charge on any atom is -0.460 e. The molecule has 124 valence electrons. The van der Waals surface area contributed by atoms with Gasteiger partial charge in [0.15, 0.2) is 0 Å². The number of hydrogen-bond acceptors (Lipinski definition) is 3. The van der Waals surface area contributed by atoms with E-state index in [4.69, 9.17) is 10.00 Å². The number of esters is 1. The van der Waals surface area contributed by atoms with Gasteiger partial charge in [-0.05, 0) is 63.6 Å². The van der Waals surface area contributed by atoms with E-state index in [9.17, 15) is 4.79 Å². The van der Waals surface area contributed by atoms with E-state index in [2.05, 4.69) is 6.07 Å². The Morgan fingerprint density at radius 3 is 2.35 bits per heavy atom. The molecule has 1 aromatic rings. The van der Waals surface area contributed by atoms with Gasteiger partial charge in [0.2, 0.25) is 0 Å². The second kappa shape index (κ2) is 7.64. The fourth-order valence-corrected chi connectivity index (χ4v) is 3.33. The summed E-state index contributed by atoms with van der Waals surface area (Å²) < 4.78 is 5.68. The smallest absolute Gasteiger partial charge is 0.310 e. The third kappa shape index (κ3) is 5.39. The Morgan fingerprint density at radius 1 is 1.22 bits per heavy atom. The monoisotopic (exact) mass is 313 g/mol. The lowest BCUT2D eigenvalue weighted by Gasteiger charge is -2.31. The predicted octanol–water partition coefficient (Wildman–Crippen LogP) is 4.64. The van der Waals surface area contributed by atoms with Crippen LogP contribution in [0, 0.1) is 23.2 Å². The summed E-state index contributed by atoms with van der Waals surface area (Å²) in [6.45, 7) is 5.76. The SMILES string of the molecule is CC(C)(C)OC(=O)[C@H](Cc1ccc(C#N)cc1)C1CCCCC1. The number of nitriles is 1. The van der Waals surface area contributed by atoms with Crippen molar-refractivity contribution in [1.29, 1.82) is 5.26 Å². The van der Waals surface area contributed by atoms with Crippen molar-refractivity contribution in [1.82, 2.24) is 0 Å². The van der Waals surface area contributed by atoms with Crippen molar-refractivity contribution in [2.45, 2.75) is 64.9 Å². The second-order valence-corrected chi connectivity index (χ2v) is 7.55. The van der Waals surface area contributed by atoms with Crippen LogP contribution in [0.15, 0.2) is 24.3 Å². The van der Waals surface area contributed by atoms with Crippen LogP contribution in [0.4, 0.5) is 0 Å². The summed E-state index contributed by atoms with van der Waals surface area (Å²) in [4.78, 5) is 12.7. The molecule has 0 spiro atoms. The third-order valence-electron chi connectivity index (χ3n) is 4.47. The standard InChI is InChI=1S/C20H27NO2/c1-20(2,3)23-19(22)18(17-7-5-4-6-8-17)13-15-9-11-16(14-21)12-10-15/h9-12,17-18H,4-8,13H2,1-3H3/t18-/m1/s1. The molecule has 3 heteroatoms. The van der Waals surface area contributed by atoms with Crippen LogP contribution < -0.4 is 0 Å². The number of carbonyl (C=O) groups is 1. The minimum atomic E-state index is -0.450. The van der Waals surface area contributed by atoms with Gasteiger partial charge in [-0.25, -0.2) is 0 Å². The molecule has 2 rings (SSSR count). The van der Waals surface area contributed by atoms with Crippen LogP contribution >= 0.6 is 0 Å². The van der Waals surface area contributed by atoms with E-state index in [-0.39, 0.29) is 11.9 Å². The molecule has 23 heavy (non-hydrogen) atoms. The van der Waals surface area contributed by atoms with E-state index in [0.29, 0.717) is 17.9 Å². The first-order valence-electron chi connectivity index (χ1n) is 8.61. The second-order valence-electron chi connectivity index (χ2n) is 7.55. The van der Waals surface area contributed by atoms with Crippen LogP contribution in [0.2, 0.25) is 0 Å². The van der Waals surface area contributed by atoms with Crippen LogP contribution in [0.1, 0.15) is 64.0 Å². The molecule has 1 aromatic carbocycles. The number of carbonyl (C=O) groups excluding carboxylic acids is 1. The maximum Gasteiger partial charge on any atom is 0.310 e. The first kappa shape index (κ1) is 17.5. The topological polar surface area (TPSA) is 50.1 Å². The van der Waals surface area contributed by atoms with Crippen molar-refractivity contribution in [2.75, 3.05) is 0 Å². The molecular formula is C20H27NO2. The lowest BCUT2D eigenvalue weighted by molar-refractivity contribution is -0.162. The summed E-state index contributed by atoms with van der Waals surface area (Å²) in [5.74, 6) is 0.255. The van der Waals surface area contributed by atoms with Crippen molar-refractivity contribution in [3.63, 3.8) is 0 Å². The van der Waals surface area contributed by atoms with E-state index < -0.39 is 5.60 Å². The largest absolute Gasteiger partial charge is 0.460 e. The normalized spacial score (nSPS) is 17.3. The lowest BCUT2D eigenvalue weighted by Crippen LogP contribution is -2.34. The Labute approximate surface area is 139 Å². The van der Waals surface area contributed by atoms with Gasteiger partial charge in [-0.15, -0.1) is 0 Å². The third-order valence-corrected chi connectivity index (χ3v) is 4.47. The van der Waals surface area contributed by atoms with Gasteiger partial charge in [0.1, 0.15) is 5.60 Å². The van der Waals surface area contributed by atoms with E-state index >= 15 is 0 Å². The average molecular weight is 313 g/mol. The van der Waals surface area contributed by atoms with Gasteiger partial charge in [0.25, 0.3) is 0 Å². The highest BCUT2D eigenvalue weighted by Gasteiger charge is 2.33. The Kier molecular flexibility index (Phi) is 5.82. The van der Waals surface area contributed by atoms with Gasteiger partial charge in [0, 0.05) is 0 Å². The molecule has 0 saturated heterocycles. The Hall–Kier alpha value is -1.82. The van der Waals surface area contributed by atoms with Gasteiger partial charge in [0.05, 0.1) is 17.6 Å².